The number of carbonyl (C=O) groups excluding carboxylic acids is 1. The molecule has 20 heavy (non-hydrogen) atoms. The number of thiophene rings is 1. The summed E-state index contributed by atoms with van der Waals surface area (Å²) in [6.07, 6.45) is 4.48. The molecule has 1 amide bonds. The second-order valence-electron chi connectivity index (χ2n) is 4.27. The number of hydrazine groups is 1. The Kier molecular flexibility index (Phi) is 3.37. The number of amides is 1. The van der Waals surface area contributed by atoms with Gasteiger partial charge in [-0.3, -0.25) is 4.79 Å². The predicted octanol–water partition coefficient (Wildman–Crippen LogP) is 3.04. The first kappa shape index (κ1) is 12.7. The highest BCUT2D eigenvalue weighted by Gasteiger charge is 2.15. The molecule has 0 saturated carbocycles. The lowest BCUT2D eigenvalue weighted by molar-refractivity contribution is -0.107. The highest BCUT2D eigenvalue weighted by molar-refractivity contribution is 7.18. The van der Waals surface area contributed by atoms with E-state index < -0.39 is 0 Å². The van der Waals surface area contributed by atoms with Gasteiger partial charge in [-0.25, -0.2) is 10.9 Å². The SMILES string of the molecule is NN(C=O)c1cc(-c2ccccc2)sc1-n1cccc1. The maximum Gasteiger partial charge on any atom is 0.228 e. The van der Waals surface area contributed by atoms with E-state index in [1.165, 1.54) is 0 Å². The monoisotopic (exact) mass is 283 g/mol. The van der Waals surface area contributed by atoms with Gasteiger partial charge in [-0.1, -0.05) is 30.3 Å². The molecule has 0 fully saturated rings. The number of nitrogens with two attached hydrogens (primary N) is 1. The fourth-order valence-electron chi connectivity index (χ4n) is 2.01. The highest BCUT2D eigenvalue weighted by atomic mass is 32.1. The molecule has 0 radical (unpaired) electrons. The Morgan fingerprint density at radius 3 is 2.45 bits per heavy atom. The molecule has 4 nitrogen and oxygen atoms in total. The maximum atomic E-state index is 11.0. The van der Waals surface area contributed by atoms with E-state index >= 15 is 0 Å². The molecule has 1 aromatic carbocycles. The molecule has 0 saturated heterocycles. The van der Waals surface area contributed by atoms with Gasteiger partial charge in [-0.2, -0.15) is 0 Å². The van der Waals surface area contributed by atoms with Crippen molar-refractivity contribution >= 4 is 23.4 Å². The summed E-state index contributed by atoms with van der Waals surface area (Å²) < 4.78 is 1.95. The minimum absolute atomic E-state index is 0.615. The summed E-state index contributed by atoms with van der Waals surface area (Å²) in [6.45, 7) is 0. The van der Waals surface area contributed by atoms with Crippen LogP contribution in [0.4, 0.5) is 5.69 Å². The molecular weight excluding hydrogens is 270 g/mol. The Hall–Kier alpha value is -2.37. The summed E-state index contributed by atoms with van der Waals surface area (Å²) in [4.78, 5) is 12.0. The molecule has 0 aliphatic rings. The number of aromatic nitrogens is 1. The molecule has 0 unspecified atom stereocenters. The standard InChI is InChI=1S/C15H13N3OS/c16-18(11-19)13-10-14(12-6-2-1-3-7-12)20-15(13)17-8-4-5-9-17/h1-11H,16H2. The third-order valence-corrected chi connectivity index (χ3v) is 4.17. The molecule has 2 N–H and O–H groups in total. The van der Waals surface area contributed by atoms with Crippen LogP contribution in [0.2, 0.25) is 0 Å². The average molecular weight is 283 g/mol. The van der Waals surface area contributed by atoms with Crippen molar-refractivity contribution in [2.75, 3.05) is 5.01 Å². The minimum atomic E-state index is 0.615. The number of hydrogen-bond donors (Lipinski definition) is 1. The van der Waals surface area contributed by atoms with Crippen LogP contribution in [0, 0.1) is 0 Å². The maximum absolute atomic E-state index is 11.0. The molecule has 0 atom stereocenters. The molecule has 0 bridgehead atoms. The van der Waals surface area contributed by atoms with Gasteiger partial charge in [0.25, 0.3) is 0 Å². The van der Waals surface area contributed by atoms with E-state index in [0.29, 0.717) is 12.1 Å². The van der Waals surface area contributed by atoms with Gasteiger partial charge in [0.1, 0.15) is 5.00 Å². The number of hydrogen-bond acceptors (Lipinski definition) is 3. The van der Waals surface area contributed by atoms with Crippen LogP contribution in [0.25, 0.3) is 15.4 Å². The Bertz CT molecular complexity index is 704. The second-order valence-corrected chi connectivity index (χ2v) is 5.30. The van der Waals surface area contributed by atoms with Crippen LogP contribution in [-0.2, 0) is 4.79 Å². The van der Waals surface area contributed by atoms with Gasteiger partial charge in [0, 0.05) is 17.3 Å². The molecule has 0 aliphatic heterocycles. The molecule has 0 aliphatic carbocycles. The van der Waals surface area contributed by atoms with Gasteiger partial charge in [0.2, 0.25) is 6.41 Å². The lowest BCUT2D eigenvalue weighted by Gasteiger charge is -2.10. The van der Waals surface area contributed by atoms with E-state index in [1.54, 1.807) is 11.3 Å². The minimum Gasteiger partial charge on any atom is -0.314 e. The van der Waals surface area contributed by atoms with Crippen LogP contribution in [0.15, 0.2) is 60.9 Å². The number of anilines is 1. The zero-order valence-electron chi connectivity index (χ0n) is 10.6. The molecule has 2 heterocycles. The van der Waals surface area contributed by atoms with Crippen LogP contribution in [0.5, 0.6) is 0 Å². The predicted molar refractivity (Wildman–Crippen MR) is 81.8 cm³/mol. The third-order valence-electron chi connectivity index (χ3n) is 2.98. The number of carbonyl (C=O) groups is 1. The lowest BCUT2D eigenvalue weighted by Crippen LogP contribution is -2.29. The summed E-state index contributed by atoms with van der Waals surface area (Å²) in [7, 11) is 0. The Labute approximate surface area is 120 Å². The van der Waals surface area contributed by atoms with Gasteiger partial charge < -0.3 is 4.57 Å². The quantitative estimate of drug-likeness (QED) is 0.346. The molecular formula is C15H13N3OS. The zero-order chi connectivity index (χ0) is 13.9. The fourth-order valence-corrected chi connectivity index (χ4v) is 3.14. The van der Waals surface area contributed by atoms with E-state index in [0.717, 1.165) is 20.5 Å². The van der Waals surface area contributed by atoms with Crippen molar-refractivity contribution in [2.24, 2.45) is 5.84 Å². The van der Waals surface area contributed by atoms with Crippen molar-refractivity contribution in [3.63, 3.8) is 0 Å². The van der Waals surface area contributed by atoms with E-state index in [2.05, 4.69) is 0 Å². The Morgan fingerprint density at radius 2 is 1.80 bits per heavy atom. The van der Waals surface area contributed by atoms with Crippen molar-refractivity contribution in [3.8, 4) is 15.4 Å². The van der Waals surface area contributed by atoms with Gasteiger partial charge >= 0.3 is 0 Å². The molecule has 3 aromatic rings. The van der Waals surface area contributed by atoms with Gasteiger partial charge in [-0.05, 0) is 23.8 Å². The molecule has 0 spiro atoms. The number of rotatable bonds is 4. The van der Waals surface area contributed by atoms with Crippen LogP contribution >= 0.6 is 11.3 Å². The Balaban J connectivity index is 2.13. The summed E-state index contributed by atoms with van der Waals surface area (Å²) in [5, 5.41) is 2.03. The smallest absolute Gasteiger partial charge is 0.228 e. The van der Waals surface area contributed by atoms with Gasteiger partial charge in [0.05, 0.1) is 5.69 Å². The van der Waals surface area contributed by atoms with Gasteiger partial charge in [0.15, 0.2) is 0 Å². The van der Waals surface area contributed by atoms with E-state index in [9.17, 15) is 4.79 Å². The first-order valence-electron chi connectivity index (χ1n) is 6.11. The molecule has 2 aromatic heterocycles. The molecule has 5 heteroatoms. The third kappa shape index (κ3) is 2.24. The average Bonchev–Trinajstić information content (AvgIpc) is 3.16. The van der Waals surface area contributed by atoms with E-state index in [1.807, 2.05) is 65.5 Å². The van der Waals surface area contributed by atoms with Crippen molar-refractivity contribution in [2.45, 2.75) is 0 Å². The zero-order valence-corrected chi connectivity index (χ0v) is 11.5. The van der Waals surface area contributed by atoms with Crippen LogP contribution in [0.1, 0.15) is 0 Å². The largest absolute Gasteiger partial charge is 0.314 e. The molecule has 3 rings (SSSR count). The first-order valence-corrected chi connectivity index (χ1v) is 6.93. The summed E-state index contributed by atoms with van der Waals surface area (Å²) in [5.74, 6) is 5.75. The van der Waals surface area contributed by atoms with Crippen molar-refractivity contribution in [1.29, 1.82) is 0 Å². The van der Waals surface area contributed by atoms with Crippen molar-refractivity contribution < 1.29 is 4.79 Å². The summed E-state index contributed by atoms with van der Waals surface area (Å²) in [6, 6.07) is 15.8. The Morgan fingerprint density at radius 1 is 1.10 bits per heavy atom. The lowest BCUT2D eigenvalue weighted by atomic mass is 10.2. The summed E-state index contributed by atoms with van der Waals surface area (Å²) in [5.41, 5.74) is 1.80. The van der Waals surface area contributed by atoms with Crippen LogP contribution in [0.3, 0.4) is 0 Å². The van der Waals surface area contributed by atoms with E-state index in [-0.39, 0.29) is 0 Å². The topological polar surface area (TPSA) is 51.3 Å². The first-order chi connectivity index (χ1) is 9.79. The van der Waals surface area contributed by atoms with Crippen molar-refractivity contribution in [3.05, 3.63) is 60.9 Å². The number of benzene rings is 1. The highest BCUT2D eigenvalue weighted by Crippen LogP contribution is 2.38. The number of nitrogens with zero attached hydrogens (tertiary/aromatic N) is 2. The molecule has 100 valence electrons. The van der Waals surface area contributed by atoms with Gasteiger partial charge in [-0.15, -0.1) is 11.3 Å². The van der Waals surface area contributed by atoms with Crippen LogP contribution < -0.4 is 10.9 Å². The van der Waals surface area contributed by atoms with Crippen molar-refractivity contribution in [1.82, 2.24) is 4.57 Å². The normalized spacial score (nSPS) is 10.4. The van der Waals surface area contributed by atoms with E-state index in [4.69, 9.17) is 5.84 Å². The second kappa shape index (κ2) is 5.32. The van der Waals surface area contributed by atoms with Crippen LogP contribution in [-0.4, -0.2) is 11.0 Å². The summed E-state index contributed by atoms with van der Waals surface area (Å²) >= 11 is 1.60. The fraction of sp³-hybridized carbons (Fsp3) is 0.